The van der Waals surface area contributed by atoms with E-state index in [1.54, 1.807) is 23.6 Å². The van der Waals surface area contributed by atoms with Gasteiger partial charge in [0.05, 0.1) is 12.1 Å². The van der Waals surface area contributed by atoms with Crippen molar-refractivity contribution in [3.63, 3.8) is 0 Å². The Kier molecular flexibility index (Phi) is 8.35. The van der Waals surface area contributed by atoms with Crippen LogP contribution in [0, 0.1) is 0 Å². The van der Waals surface area contributed by atoms with Crippen LogP contribution < -0.4 is 10.0 Å². The standard InChI is InChI=1S/C16H16F2N2O5S3/c17-16(18)27-12-5-2-1-4-11(12)20-13(21)10-25-14(22)7-8-19-28(23,24)15-6-3-9-26-15/h1-6,9,16,19H,7-8,10H2,(H,20,21). The summed E-state index contributed by atoms with van der Waals surface area (Å²) in [7, 11) is -3.68. The molecule has 0 radical (unpaired) electrons. The average Bonchev–Trinajstić information content (AvgIpc) is 3.17. The topological polar surface area (TPSA) is 102 Å². The van der Waals surface area contributed by atoms with Crippen molar-refractivity contribution in [2.45, 2.75) is 21.3 Å². The normalized spacial score (nSPS) is 11.4. The zero-order valence-corrected chi connectivity index (χ0v) is 16.7. The Bertz CT molecular complexity index is 905. The van der Waals surface area contributed by atoms with Crippen LogP contribution in [0.15, 0.2) is 50.9 Å². The first kappa shape index (κ1) is 22.3. The molecule has 28 heavy (non-hydrogen) atoms. The smallest absolute Gasteiger partial charge is 0.307 e. The third kappa shape index (κ3) is 7.19. The van der Waals surface area contributed by atoms with E-state index in [9.17, 15) is 26.8 Å². The molecule has 0 saturated carbocycles. The highest BCUT2D eigenvalue weighted by Crippen LogP contribution is 2.31. The predicted molar refractivity (Wildman–Crippen MR) is 102 cm³/mol. The van der Waals surface area contributed by atoms with Gasteiger partial charge in [-0.15, -0.1) is 11.3 Å². The Morgan fingerprint density at radius 1 is 1.18 bits per heavy atom. The van der Waals surface area contributed by atoms with Gasteiger partial charge in [0.15, 0.2) is 6.61 Å². The van der Waals surface area contributed by atoms with Gasteiger partial charge in [-0.05, 0) is 23.6 Å². The third-order valence-electron chi connectivity index (χ3n) is 3.12. The van der Waals surface area contributed by atoms with Crippen LogP contribution >= 0.6 is 23.1 Å². The minimum atomic E-state index is -3.68. The van der Waals surface area contributed by atoms with Crippen molar-refractivity contribution >= 4 is 50.7 Å². The molecule has 0 saturated heterocycles. The van der Waals surface area contributed by atoms with Crippen LogP contribution in [-0.2, 0) is 24.3 Å². The van der Waals surface area contributed by atoms with Gasteiger partial charge >= 0.3 is 5.97 Å². The van der Waals surface area contributed by atoms with Gasteiger partial charge in [0.2, 0.25) is 10.0 Å². The lowest BCUT2D eigenvalue weighted by atomic mass is 10.3. The molecule has 1 amide bonds. The molecule has 0 unspecified atom stereocenters. The summed E-state index contributed by atoms with van der Waals surface area (Å²) >= 11 is 1.32. The van der Waals surface area contributed by atoms with Crippen LogP contribution in [0.5, 0.6) is 0 Å². The molecule has 7 nitrogen and oxygen atoms in total. The van der Waals surface area contributed by atoms with Crippen molar-refractivity contribution in [2.24, 2.45) is 0 Å². The molecule has 0 bridgehead atoms. The number of nitrogens with one attached hydrogen (secondary N) is 2. The van der Waals surface area contributed by atoms with E-state index < -0.39 is 34.3 Å². The highest BCUT2D eigenvalue weighted by atomic mass is 32.2. The fourth-order valence-corrected chi connectivity index (χ4v) is 4.61. The van der Waals surface area contributed by atoms with Crippen LogP contribution in [0.2, 0.25) is 0 Å². The van der Waals surface area contributed by atoms with Gasteiger partial charge in [0.1, 0.15) is 4.21 Å². The Morgan fingerprint density at radius 2 is 1.93 bits per heavy atom. The van der Waals surface area contributed by atoms with E-state index >= 15 is 0 Å². The molecule has 1 heterocycles. The van der Waals surface area contributed by atoms with E-state index in [1.807, 2.05) is 0 Å². The molecule has 2 N–H and O–H groups in total. The number of sulfonamides is 1. The molecule has 0 atom stereocenters. The summed E-state index contributed by atoms with van der Waals surface area (Å²) in [6.45, 7) is -0.807. The summed E-state index contributed by atoms with van der Waals surface area (Å²) in [5, 5.41) is 4.00. The van der Waals surface area contributed by atoms with Crippen LogP contribution in [0.25, 0.3) is 0 Å². The number of halogens is 2. The Hall–Kier alpha value is -2.02. The number of ether oxygens (including phenoxy) is 1. The van der Waals surface area contributed by atoms with Crippen molar-refractivity contribution in [3.05, 3.63) is 41.8 Å². The number of esters is 1. The largest absolute Gasteiger partial charge is 0.456 e. The summed E-state index contributed by atoms with van der Waals surface area (Å²) in [4.78, 5) is 23.7. The van der Waals surface area contributed by atoms with Crippen LogP contribution in [0.3, 0.4) is 0 Å². The van der Waals surface area contributed by atoms with Gasteiger partial charge < -0.3 is 10.1 Å². The Labute approximate surface area is 168 Å². The molecule has 1 aromatic heterocycles. The van der Waals surface area contributed by atoms with E-state index in [0.29, 0.717) is 0 Å². The van der Waals surface area contributed by atoms with Crippen molar-refractivity contribution in [2.75, 3.05) is 18.5 Å². The number of alkyl halides is 2. The number of amides is 1. The first-order valence-electron chi connectivity index (χ1n) is 7.80. The molecule has 0 fully saturated rings. The Balaban J connectivity index is 1.75. The average molecular weight is 451 g/mol. The van der Waals surface area contributed by atoms with E-state index in [4.69, 9.17) is 4.74 Å². The second-order valence-electron chi connectivity index (χ2n) is 5.16. The second-order valence-corrected chi connectivity index (χ2v) is 9.14. The molecule has 2 rings (SSSR count). The number of thiophene rings is 1. The number of hydrogen-bond acceptors (Lipinski definition) is 7. The van der Waals surface area contributed by atoms with Crippen molar-refractivity contribution in [1.82, 2.24) is 4.72 Å². The number of benzene rings is 1. The summed E-state index contributed by atoms with van der Waals surface area (Å²) in [6, 6.07) is 9.01. The maximum atomic E-state index is 12.5. The number of rotatable bonds is 10. The maximum absolute atomic E-state index is 12.5. The van der Waals surface area contributed by atoms with E-state index in [-0.39, 0.29) is 39.5 Å². The number of hydrogen-bond donors (Lipinski definition) is 2. The first-order chi connectivity index (χ1) is 13.3. The van der Waals surface area contributed by atoms with Gasteiger partial charge in [-0.2, -0.15) is 8.78 Å². The van der Waals surface area contributed by atoms with Crippen molar-refractivity contribution in [3.8, 4) is 0 Å². The second kappa shape index (κ2) is 10.5. The molecule has 0 aliphatic rings. The zero-order chi connectivity index (χ0) is 20.6. The lowest BCUT2D eigenvalue weighted by molar-refractivity contribution is -0.147. The van der Waals surface area contributed by atoms with Gasteiger partial charge in [0.25, 0.3) is 11.7 Å². The molecule has 0 aliphatic heterocycles. The number of para-hydroxylation sites is 1. The fraction of sp³-hybridized carbons (Fsp3) is 0.250. The number of anilines is 1. The fourth-order valence-electron chi connectivity index (χ4n) is 1.95. The first-order valence-corrected chi connectivity index (χ1v) is 11.0. The molecule has 1 aromatic carbocycles. The van der Waals surface area contributed by atoms with Gasteiger partial charge in [-0.25, -0.2) is 13.1 Å². The monoisotopic (exact) mass is 450 g/mol. The van der Waals surface area contributed by atoms with Gasteiger partial charge in [0, 0.05) is 11.4 Å². The molecule has 0 spiro atoms. The van der Waals surface area contributed by atoms with Crippen molar-refractivity contribution in [1.29, 1.82) is 0 Å². The highest BCUT2D eigenvalue weighted by molar-refractivity contribution is 7.99. The summed E-state index contributed by atoms with van der Waals surface area (Å²) in [5.74, 6) is -4.12. The quantitative estimate of drug-likeness (QED) is 0.426. The maximum Gasteiger partial charge on any atom is 0.307 e. The molecule has 152 valence electrons. The minimum absolute atomic E-state index is 0.126. The molecule has 2 aromatic rings. The van der Waals surface area contributed by atoms with Gasteiger partial charge in [-0.1, -0.05) is 30.0 Å². The van der Waals surface area contributed by atoms with E-state index in [0.717, 1.165) is 11.3 Å². The summed E-state index contributed by atoms with van der Waals surface area (Å²) in [6.07, 6.45) is -0.268. The molecular weight excluding hydrogens is 434 g/mol. The third-order valence-corrected chi connectivity index (χ3v) is 6.77. The minimum Gasteiger partial charge on any atom is -0.456 e. The number of carbonyl (C=O) groups excluding carboxylic acids is 2. The van der Waals surface area contributed by atoms with Crippen LogP contribution in [0.4, 0.5) is 14.5 Å². The van der Waals surface area contributed by atoms with Crippen LogP contribution in [-0.4, -0.2) is 39.2 Å². The van der Waals surface area contributed by atoms with E-state index in [1.165, 1.54) is 18.2 Å². The van der Waals surface area contributed by atoms with Gasteiger partial charge in [-0.3, -0.25) is 9.59 Å². The zero-order valence-electron chi connectivity index (χ0n) is 14.3. The Morgan fingerprint density at radius 3 is 2.61 bits per heavy atom. The highest BCUT2D eigenvalue weighted by Gasteiger charge is 2.16. The van der Waals surface area contributed by atoms with Crippen LogP contribution in [0.1, 0.15) is 6.42 Å². The molecular formula is C16H16F2N2O5S3. The number of thioether (sulfide) groups is 1. The molecule has 12 heteroatoms. The molecule has 0 aliphatic carbocycles. The summed E-state index contributed by atoms with van der Waals surface area (Å²) in [5.41, 5.74) is 0.178. The lowest BCUT2D eigenvalue weighted by Gasteiger charge is -2.10. The SMILES string of the molecule is O=C(COC(=O)CCNS(=O)(=O)c1cccs1)Nc1ccccc1SC(F)F. The van der Waals surface area contributed by atoms with Crippen molar-refractivity contribution < 1.29 is 31.5 Å². The lowest BCUT2D eigenvalue weighted by Crippen LogP contribution is -2.27. The van der Waals surface area contributed by atoms with E-state index in [2.05, 4.69) is 10.0 Å². The number of carbonyl (C=O) groups is 2. The summed E-state index contributed by atoms with van der Waals surface area (Å²) < 4.78 is 55.9. The predicted octanol–water partition coefficient (Wildman–Crippen LogP) is 2.91.